The molecule has 0 spiro atoms. The van der Waals surface area contributed by atoms with Gasteiger partial charge in [0.15, 0.2) is 0 Å². The van der Waals surface area contributed by atoms with Crippen LogP contribution in [0.5, 0.6) is 0 Å². The average molecular weight is 341 g/mol. The number of nitrogens with two attached hydrogens (primary N) is 1. The van der Waals surface area contributed by atoms with Crippen molar-refractivity contribution >= 4 is 15.9 Å². The zero-order valence-electron chi connectivity index (χ0n) is 11.9. The van der Waals surface area contributed by atoms with Gasteiger partial charge in [0, 0.05) is 25.9 Å². The molecule has 110 valence electrons. The van der Waals surface area contributed by atoms with E-state index in [-0.39, 0.29) is 6.04 Å². The van der Waals surface area contributed by atoms with E-state index in [1.807, 2.05) is 23.9 Å². The number of nitrogens with one attached hydrogen (secondary N) is 1. The molecule has 2 aromatic rings. The highest BCUT2D eigenvalue weighted by Crippen LogP contribution is 2.23. The standard InChI is InChI=1S/C14H21BrN4O/c1-3-12-14(15)13(19(2)18-12)9-10(17-16)6-7-11-5-4-8-20-11/h4-5,8,10,17H,3,6-7,9,16H2,1-2H3. The van der Waals surface area contributed by atoms with E-state index in [4.69, 9.17) is 10.3 Å². The lowest BCUT2D eigenvalue weighted by molar-refractivity contribution is 0.440. The second kappa shape index (κ2) is 7.06. The summed E-state index contributed by atoms with van der Waals surface area (Å²) < 4.78 is 8.38. The molecule has 0 bridgehead atoms. The molecule has 1 unspecified atom stereocenters. The number of aryl methyl sites for hydroxylation is 3. The number of furan rings is 1. The molecule has 5 nitrogen and oxygen atoms in total. The van der Waals surface area contributed by atoms with Gasteiger partial charge in [-0.15, -0.1) is 0 Å². The topological polar surface area (TPSA) is 69.0 Å². The molecule has 0 aliphatic rings. The van der Waals surface area contributed by atoms with Crippen molar-refractivity contribution in [1.29, 1.82) is 0 Å². The van der Waals surface area contributed by atoms with Crippen LogP contribution in [-0.2, 0) is 26.3 Å². The largest absolute Gasteiger partial charge is 0.469 e. The van der Waals surface area contributed by atoms with Gasteiger partial charge < -0.3 is 4.42 Å². The Bertz CT molecular complexity index is 536. The summed E-state index contributed by atoms with van der Waals surface area (Å²) in [6.45, 7) is 2.10. The fourth-order valence-electron chi connectivity index (χ4n) is 2.29. The first-order valence-corrected chi connectivity index (χ1v) is 7.63. The molecule has 0 aliphatic heterocycles. The zero-order chi connectivity index (χ0) is 14.5. The predicted molar refractivity (Wildman–Crippen MR) is 82.1 cm³/mol. The highest BCUT2D eigenvalue weighted by Gasteiger charge is 2.17. The molecular formula is C14H21BrN4O. The molecule has 0 amide bonds. The first-order valence-electron chi connectivity index (χ1n) is 6.84. The minimum absolute atomic E-state index is 0.191. The Morgan fingerprint density at radius 1 is 1.55 bits per heavy atom. The lowest BCUT2D eigenvalue weighted by atomic mass is 10.0. The average Bonchev–Trinajstić information content (AvgIpc) is 3.05. The monoisotopic (exact) mass is 340 g/mol. The molecule has 2 heterocycles. The third-order valence-corrected chi connectivity index (χ3v) is 4.41. The molecule has 1 atom stereocenters. The van der Waals surface area contributed by atoms with Crippen LogP contribution in [0.3, 0.4) is 0 Å². The molecular weight excluding hydrogens is 320 g/mol. The second-order valence-electron chi connectivity index (χ2n) is 4.87. The van der Waals surface area contributed by atoms with Crippen molar-refractivity contribution in [2.45, 2.75) is 38.6 Å². The number of rotatable bonds is 7. The minimum Gasteiger partial charge on any atom is -0.469 e. The number of halogens is 1. The van der Waals surface area contributed by atoms with Gasteiger partial charge in [0.1, 0.15) is 5.76 Å². The van der Waals surface area contributed by atoms with Crippen LogP contribution < -0.4 is 11.3 Å². The number of hydrogen-bond donors (Lipinski definition) is 2. The Kier molecular flexibility index (Phi) is 5.39. The van der Waals surface area contributed by atoms with Crippen molar-refractivity contribution < 1.29 is 4.42 Å². The molecule has 0 saturated heterocycles. The maximum absolute atomic E-state index is 5.67. The molecule has 0 aliphatic carbocycles. The summed E-state index contributed by atoms with van der Waals surface area (Å²) in [6, 6.07) is 4.09. The Balaban J connectivity index is 2.00. The fraction of sp³-hybridized carbons (Fsp3) is 0.500. The molecule has 2 aromatic heterocycles. The predicted octanol–water partition coefficient (Wildman–Crippen LogP) is 2.35. The molecule has 3 N–H and O–H groups in total. The van der Waals surface area contributed by atoms with Crippen LogP contribution in [0.25, 0.3) is 0 Å². The van der Waals surface area contributed by atoms with Crippen LogP contribution in [0.4, 0.5) is 0 Å². The third-order valence-electron chi connectivity index (χ3n) is 3.50. The van der Waals surface area contributed by atoms with E-state index in [1.54, 1.807) is 6.26 Å². The van der Waals surface area contributed by atoms with Crippen molar-refractivity contribution in [2.75, 3.05) is 0 Å². The smallest absolute Gasteiger partial charge is 0.103 e. The van der Waals surface area contributed by atoms with Crippen molar-refractivity contribution in [1.82, 2.24) is 15.2 Å². The number of hydrazine groups is 1. The van der Waals surface area contributed by atoms with Gasteiger partial charge in [-0.1, -0.05) is 6.92 Å². The van der Waals surface area contributed by atoms with Gasteiger partial charge in [-0.3, -0.25) is 16.0 Å². The van der Waals surface area contributed by atoms with Crippen LogP contribution in [-0.4, -0.2) is 15.8 Å². The summed E-state index contributed by atoms with van der Waals surface area (Å²) in [7, 11) is 1.97. The van der Waals surface area contributed by atoms with Crippen molar-refractivity contribution in [2.24, 2.45) is 12.9 Å². The van der Waals surface area contributed by atoms with Crippen LogP contribution in [0.2, 0.25) is 0 Å². The first kappa shape index (κ1) is 15.3. The SMILES string of the molecule is CCc1nn(C)c(CC(CCc2ccco2)NN)c1Br. The first-order chi connectivity index (χ1) is 9.65. The van der Waals surface area contributed by atoms with Gasteiger partial charge in [0.25, 0.3) is 0 Å². The van der Waals surface area contributed by atoms with Gasteiger partial charge in [-0.25, -0.2) is 0 Å². The van der Waals surface area contributed by atoms with Crippen molar-refractivity contribution in [3.63, 3.8) is 0 Å². The van der Waals surface area contributed by atoms with Gasteiger partial charge in [0.2, 0.25) is 0 Å². The Labute approximate surface area is 127 Å². The van der Waals surface area contributed by atoms with Crippen LogP contribution in [0, 0.1) is 0 Å². The van der Waals surface area contributed by atoms with E-state index in [0.717, 1.165) is 41.6 Å². The Morgan fingerprint density at radius 3 is 2.90 bits per heavy atom. The Hall–Kier alpha value is -1.11. The summed E-state index contributed by atoms with van der Waals surface area (Å²) in [5, 5.41) is 4.51. The number of hydrogen-bond acceptors (Lipinski definition) is 4. The molecule has 0 aromatic carbocycles. The fourth-order valence-corrected chi connectivity index (χ4v) is 3.07. The normalized spacial score (nSPS) is 12.8. The number of aromatic nitrogens is 2. The molecule has 2 rings (SSSR count). The lowest BCUT2D eigenvalue weighted by Crippen LogP contribution is -2.37. The van der Waals surface area contributed by atoms with E-state index < -0.39 is 0 Å². The van der Waals surface area contributed by atoms with Crippen LogP contribution in [0.15, 0.2) is 27.3 Å². The zero-order valence-corrected chi connectivity index (χ0v) is 13.5. The van der Waals surface area contributed by atoms with E-state index in [9.17, 15) is 0 Å². The summed E-state index contributed by atoms with van der Waals surface area (Å²) >= 11 is 3.64. The van der Waals surface area contributed by atoms with E-state index in [0.29, 0.717) is 0 Å². The Morgan fingerprint density at radius 2 is 2.35 bits per heavy atom. The van der Waals surface area contributed by atoms with Gasteiger partial charge in [-0.2, -0.15) is 5.10 Å². The summed E-state index contributed by atoms with van der Waals surface area (Å²) in [4.78, 5) is 0. The molecule has 0 radical (unpaired) electrons. The molecule has 0 saturated carbocycles. The third kappa shape index (κ3) is 3.50. The van der Waals surface area contributed by atoms with Crippen molar-refractivity contribution in [3.8, 4) is 0 Å². The highest BCUT2D eigenvalue weighted by molar-refractivity contribution is 9.10. The quantitative estimate of drug-likeness (QED) is 0.599. The van der Waals surface area contributed by atoms with Crippen LogP contribution >= 0.6 is 15.9 Å². The number of nitrogens with zero attached hydrogens (tertiary/aromatic N) is 2. The van der Waals surface area contributed by atoms with Gasteiger partial charge >= 0.3 is 0 Å². The van der Waals surface area contributed by atoms with E-state index in [2.05, 4.69) is 33.4 Å². The maximum atomic E-state index is 5.67. The minimum atomic E-state index is 0.191. The molecule has 20 heavy (non-hydrogen) atoms. The van der Waals surface area contributed by atoms with Crippen molar-refractivity contribution in [3.05, 3.63) is 40.0 Å². The van der Waals surface area contributed by atoms with Gasteiger partial charge in [0.05, 0.1) is 22.1 Å². The highest BCUT2D eigenvalue weighted by atomic mass is 79.9. The summed E-state index contributed by atoms with van der Waals surface area (Å²) in [5.74, 6) is 6.66. The van der Waals surface area contributed by atoms with E-state index in [1.165, 1.54) is 5.69 Å². The second-order valence-corrected chi connectivity index (χ2v) is 5.66. The summed E-state index contributed by atoms with van der Waals surface area (Å²) in [6.07, 6.45) is 5.25. The molecule has 0 fully saturated rings. The maximum Gasteiger partial charge on any atom is 0.103 e. The van der Waals surface area contributed by atoms with Crippen LogP contribution in [0.1, 0.15) is 30.5 Å². The lowest BCUT2D eigenvalue weighted by Gasteiger charge is -2.15. The molecule has 6 heteroatoms. The summed E-state index contributed by atoms with van der Waals surface area (Å²) in [5.41, 5.74) is 5.15. The van der Waals surface area contributed by atoms with E-state index >= 15 is 0 Å². The van der Waals surface area contributed by atoms with Gasteiger partial charge in [-0.05, 0) is 40.9 Å².